The monoisotopic (exact) mass is 310 g/mol. The zero-order valence-electron chi connectivity index (χ0n) is 13.0. The van der Waals surface area contributed by atoms with Gasteiger partial charge in [0.2, 0.25) is 5.43 Å². The van der Waals surface area contributed by atoms with Gasteiger partial charge in [-0.05, 0) is 50.1 Å². The molecular weight excluding hydrogens is 292 g/mol. The molecule has 0 saturated heterocycles. The Morgan fingerprint density at radius 3 is 2.65 bits per heavy atom. The van der Waals surface area contributed by atoms with Crippen molar-refractivity contribution in [2.75, 3.05) is 6.61 Å². The van der Waals surface area contributed by atoms with Gasteiger partial charge in [0.25, 0.3) is 0 Å². The Kier molecular flexibility index (Phi) is 4.42. The number of carbonyl (C=O) groups excluding carboxylic acids is 1. The summed E-state index contributed by atoms with van der Waals surface area (Å²) in [6.07, 6.45) is 2.20. The zero-order valence-corrected chi connectivity index (χ0v) is 13.0. The Bertz CT molecular complexity index is 908. The molecule has 1 heterocycles. The van der Waals surface area contributed by atoms with E-state index < -0.39 is 0 Å². The standard InChI is InChI=1S/C19H18O4/c1-13(20)6-4-5-11-22-14-9-10-18-16(12-14)19(21)15-7-2-3-8-17(15)23-18/h2-3,7-10,12H,4-6,11H2,1H3. The van der Waals surface area contributed by atoms with Crippen LogP contribution in [0.4, 0.5) is 0 Å². The van der Waals surface area contributed by atoms with Crippen molar-refractivity contribution in [2.24, 2.45) is 0 Å². The Morgan fingerprint density at radius 2 is 1.83 bits per heavy atom. The molecule has 3 aromatic rings. The van der Waals surface area contributed by atoms with Gasteiger partial charge in [-0.2, -0.15) is 0 Å². The van der Waals surface area contributed by atoms with Gasteiger partial charge in [-0.15, -0.1) is 0 Å². The number of benzene rings is 2. The average molecular weight is 310 g/mol. The Morgan fingerprint density at radius 1 is 1.04 bits per heavy atom. The summed E-state index contributed by atoms with van der Waals surface area (Å²) in [5.41, 5.74) is 1.09. The minimum atomic E-state index is -0.0520. The summed E-state index contributed by atoms with van der Waals surface area (Å²) in [6, 6.07) is 12.5. The highest BCUT2D eigenvalue weighted by Crippen LogP contribution is 2.22. The fraction of sp³-hybridized carbons (Fsp3) is 0.263. The molecule has 0 unspecified atom stereocenters. The van der Waals surface area contributed by atoms with Gasteiger partial charge < -0.3 is 13.9 Å². The second kappa shape index (κ2) is 6.65. The summed E-state index contributed by atoms with van der Waals surface area (Å²) >= 11 is 0. The average Bonchev–Trinajstić information content (AvgIpc) is 2.55. The van der Waals surface area contributed by atoms with Crippen LogP contribution in [0.3, 0.4) is 0 Å². The summed E-state index contributed by atoms with van der Waals surface area (Å²) in [5, 5.41) is 1.09. The molecule has 0 aliphatic rings. The number of fused-ring (bicyclic) bond motifs is 2. The van der Waals surface area contributed by atoms with Crippen molar-refractivity contribution in [3.8, 4) is 5.75 Å². The minimum absolute atomic E-state index is 0.0520. The zero-order chi connectivity index (χ0) is 16.2. The molecule has 0 aliphatic carbocycles. The Balaban J connectivity index is 1.81. The van der Waals surface area contributed by atoms with E-state index >= 15 is 0 Å². The largest absolute Gasteiger partial charge is 0.494 e. The molecule has 0 radical (unpaired) electrons. The van der Waals surface area contributed by atoms with Crippen molar-refractivity contribution in [3.63, 3.8) is 0 Å². The third-order valence-electron chi connectivity index (χ3n) is 3.74. The topological polar surface area (TPSA) is 56.5 Å². The maximum absolute atomic E-state index is 12.5. The lowest BCUT2D eigenvalue weighted by atomic mass is 10.1. The van der Waals surface area contributed by atoms with E-state index in [4.69, 9.17) is 9.15 Å². The van der Waals surface area contributed by atoms with Crippen LogP contribution in [0.1, 0.15) is 26.2 Å². The van der Waals surface area contributed by atoms with Crippen LogP contribution in [-0.2, 0) is 4.79 Å². The predicted molar refractivity (Wildman–Crippen MR) is 90.0 cm³/mol. The number of hydrogen-bond donors (Lipinski definition) is 0. The third-order valence-corrected chi connectivity index (χ3v) is 3.74. The summed E-state index contributed by atoms with van der Waals surface area (Å²) in [7, 11) is 0. The predicted octanol–water partition coefficient (Wildman–Crippen LogP) is 4.08. The van der Waals surface area contributed by atoms with E-state index in [0.29, 0.717) is 40.7 Å². The number of Topliss-reactive ketones (excluding diaryl/α,β-unsaturated/α-hetero) is 1. The molecule has 3 rings (SSSR count). The van der Waals surface area contributed by atoms with Crippen LogP contribution >= 0.6 is 0 Å². The molecule has 23 heavy (non-hydrogen) atoms. The van der Waals surface area contributed by atoms with Crippen LogP contribution in [-0.4, -0.2) is 12.4 Å². The van der Waals surface area contributed by atoms with Crippen molar-refractivity contribution in [3.05, 3.63) is 52.7 Å². The summed E-state index contributed by atoms with van der Waals surface area (Å²) < 4.78 is 11.4. The molecule has 0 fully saturated rings. The molecule has 0 saturated carbocycles. The first-order chi connectivity index (χ1) is 11.1. The number of rotatable bonds is 6. The normalized spacial score (nSPS) is 11.0. The molecule has 1 aromatic heterocycles. The molecule has 0 N–H and O–H groups in total. The number of unbranched alkanes of at least 4 members (excludes halogenated alkanes) is 1. The molecule has 118 valence electrons. The second-order valence-corrected chi connectivity index (χ2v) is 5.59. The maximum Gasteiger partial charge on any atom is 0.200 e. The first-order valence-electron chi connectivity index (χ1n) is 7.73. The van der Waals surface area contributed by atoms with Crippen LogP contribution in [0, 0.1) is 0 Å². The van der Waals surface area contributed by atoms with Crippen LogP contribution in [0.2, 0.25) is 0 Å². The number of ether oxygens (including phenoxy) is 1. The van der Waals surface area contributed by atoms with Gasteiger partial charge >= 0.3 is 0 Å². The molecular formula is C19H18O4. The summed E-state index contributed by atoms with van der Waals surface area (Å²) in [4.78, 5) is 23.4. The van der Waals surface area contributed by atoms with E-state index in [0.717, 1.165) is 12.8 Å². The highest BCUT2D eigenvalue weighted by molar-refractivity contribution is 5.90. The highest BCUT2D eigenvalue weighted by atomic mass is 16.5. The molecule has 0 atom stereocenters. The fourth-order valence-electron chi connectivity index (χ4n) is 2.54. The van der Waals surface area contributed by atoms with Crippen molar-refractivity contribution < 1.29 is 13.9 Å². The lowest BCUT2D eigenvalue weighted by molar-refractivity contribution is -0.117. The summed E-state index contributed by atoms with van der Waals surface area (Å²) in [5.74, 6) is 0.836. The summed E-state index contributed by atoms with van der Waals surface area (Å²) in [6.45, 7) is 2.12. The number of carbonyl (C=O) groups is 1. The minimum Gasteiger partial charge on any atom is -0.494 e. The Hall–Kier alpha value is -2.62. The van der Waals surface area contributed by atoms with Crippen molar-refractivity contribution in [2.45, 2.75) is 26.2 Å². The van der Waals surface area contributed by atoms with Gasteiger partial charge in [-0.25, -0.2) is 0 Å². The van der Waals surface area contributed by atoms with Gasteiger partial charge in [0.15, 0.2) is 0 Å². The second-order valence-electron chi connectivity index (χ2n) is 5.59. The van der Waals surface area contributed by atoms with Crippen molar-refractivity contribution in [1.82, 2.24) is 0 Å². The van der Waals surface area contributed by atoms with E-state index in [2.05, 4.69) is 0 Å². The number of ketones is 1. The molecule has 0 aliphatic heterocycles. The number of para-hydroxylation sites is 1. The number of hydrogen-bond acceptors (Lipinski definition) is 4. The first kappa shape index (κ1) is 15.3. The maximum atomic E-state index is 12.5. The van der Waals surface area contributed by atoms with E-state index in [-0.39, 0.29) is 11.2 Å². The smallest absolute Gasteiger partial charge is 0.200 e. The van der Waals surface area contributed by atoms with Gasteiger partial charge in [0.05, 0.1) is 17.4 Å². The van der Waals surface area contributed by atoms with Gasteiger partial charge in [-0.1, -0.05) is 12.1 Å². The Labute approximate surface area is 133 Å². The quantitative estimate of drug-likeness (QED) is 0.508. The third kappa shape index (κ3) is 3.42. The van der Waals surface area contributed by atoms with Gasteiger partial charge in [0, 0.05) is 6.42 Å². The van der Waals surface area contributed by atoms with Crippen LogP contribution in [0.5, 0.6) is 5.75 Å². The SMILES string of the molecule is CC(=O)CCCCOc1ccc2oc3ccccc3c(=O)c2c1. The molecule has 0 bridgehead atoms. The first-order valence-corrected chi connectivity index (χ1v) is 7.73. The van der Waals surface area contributed by atoms with Crippen LogP contribution in [0.25, 0.3) is 21.9 Å². The molecule has 0 amide bonds. The van der Waals surface area contributed by atoms with E-state index in [1.165, 1.54) is 0 Å². The fourth-order valence-corrected chi connectivity index (χ4v) is 2.54. The molecule has 2 aromatic carbocycles. The van der Waals surface area contributed by atoms with Crippen LogP contribution in [0.15, 0.2) is 51.7 Å². The lowest BCUT2D eigenvalue weighted by Gasteiger charge is -2.07. The molecule has 0 spiro atoms. The van der Waals surface area contributed by atoms with E-state index in [9.17, 15) is 9.59 Å². The van der Waals surface area contributed by atoms with E-state index in [1.807, 2.05) is 12.1 Å². The molecule has 4 heteroatoms. The van der Waals surface area contributed by atoms with Crippen LogP contribution < -0.4 is 10.2 Å². The van der Waals surface area contributed by atoms with Crippen molar-refractivity contribution in [1.29, 1.82) is 0 Å². The highest BCUT2D eigenvalue weighted by Gasteiger charge is 2.08. The molecule has 4 nitrogen and oxygen atoms in total. The van der Waals surface area contributed by atoms with E-state index in [1.54, 1.807) is 37.3 Å². The van der Waals surface area contributed by atoms with Gasteiger partial charge in [-0.3, -0.25) is 4.79 Å². The van der Waals surface area contributed by atoms with Crippen molar-refractivity contribution >= 4 is 27.7 Å². The van der Waals surface area contributed by atoms with Gasteiger partial charge in [0.1, 0.15) is 22.7 Å². The lowest BCUT2D eigenvalue weighted by Crippen LogP contribution is -2.03.